The third kappa shape index (κ3) is 10.9. The van der Waals surface area contributed by atoms with E-state index in [2.05, 4.69) is 37.3 Å². The van der Waals surface area contributed by atoms with E-state index in [4.69, 9.17) is 27.1 Å². The summed E-state index contributed by atoms with van der Waals surface area (Å²) in [4.78, 5) is 28.5. The highest BCUT2D eigenvalue weighted by Crippen LogP contribution is 2.53. The number of halogens is 1. The molecule has 2 aliphatic rings. The number of aliphatic carboxylic acids is 1. The molecular weight excluding hydrogens is 664 g/mol. The molecule has 3 N–H and O–H groups in total. The molecule has 0 saturated heterocycles. The van der Waals surface area contributed by atoms with Gasteiger partial charge in [-0.2, -0.15) is 11.8 Å². The van der Waals surface area contributed by atoms with Crippen molar-refractivity contribution in [3.05, 3.63) is 112 Å². The van der Waals surface area contributed by atoms with E-state index in [0.717, 1.165) is 58.7 Å². The fourth-order valence-electron chi connectivity index (χ4n) is 6.73. The first-order valence-corrected chi connectivity index (χ1v) is 19.2. The minimum Gasteiger partial charge on any atom is -0.481 e. The Labute approximate surface area is 305 Å². The van der Waals surface area contributed by atoms with Crippen LogP contribution in [-0.2, 0) is 16.0 Å². The van der Waals surface area contributed by atoms with E-state index in [1.807, 2.05) is 66.4 Å². The Kier molecular flexibility index (Phi) is 13.6. The fraction of sp³-hybridized carbons (Fsp3) is 0.405. The van der Waals surface area contributed by atoms with Crippen LogP contribution in [0.2, 0.25) is 5.02 Å². The second-order valence-electron chi connectivity index (χ2n) is 13.9. The number of thioether (sulfide) groups is 1. The summed E-state index contributed by atoms with van der Waals surface area (Å²) in [5, 5.41) is 11.3. The van der Waals surface area contributed by atoms with Crippen molar-refractivity contribution < 1.29 is 19.4 Å². The number of carbonyl (C=O) groups excluding carboxylic acids is 1. The molecule has 0 unspecified atom stereocenters. The first-order valence-electron chi connectivity index (χ1n) is 17.7. The number of ether oxygens (including phenoxy) is 1. The van der Waals surface area contributed by atoms with E-state index in [9.17, 15) is 14.7 Å². The lowest BCUT2D eigenvalue weighted by atomic mass is 9.85. The van der Waals surface area contributed by atoms with E-state index in [0.29, 0.717) is 23.0 Å². The monoisotopic (exact) mass is 712 g/mol. The molecule has 8 heteroatoms. The molecule has 2 aliphatic carbocycles. The highest BCUT2D eigenvalue weighted by molar-refractivity contribution is 7.99. The number of carbonyl (C=O) groups is 2. The summed E-state index contributed by atoms with van der Waals surface area (Å²) < 4.78 is 5.00. The van der Waals surface area contributed by atoms with E-state index < -0.39 is 5.97 Å². The largest absolute Gasteiger partial charge is 0.481 e. The van der Waals surface area contributed by atoms with Crippen LogP contribution in [0.5, 0.6) is 0 Å². The Morgan fingerprint density at radius 2 is 1.78 bits per heavy atom. The third-order valence-corrected chi connectivity index (χ3v) is 11.9. The molecule has 0 amide bonds. The number of aryl methyl sites for hydroxylation is 1. The van der Waals surface area contributed by atoms with Crippen molar-refractivity contribution in [3.8, 4) is 0 Å². The average Bonchev–Trinajstić information content (AvgIpc) is 3.89. The number of esters is 1. The Morgan fingerprint density at radius 1 is 1.02 bits per heavy atom. The van der Waals surface area contributed by atoms with Crippen LogP contribution in [0.25, 0.3) is 23.1 Å². The molecule has 6 nitrogen and oxygen atoms in total. The molecule has 2 saturated carbocycles. The van der Waals surface area contributed by atoms with Gasteiger partial charge in [0, 0.05) is 27.5 Å². The molecule has 1 aromatic heterocycles. The van der Waals surface area contributed by atoms with Crippen molar-refractivity contribution in [3.63, 3.8) is 0 Å². The van der Waals surface area contributed by atoms with Crippen LogP contribution in [0.3, 0.4) is 0 Å². The minimum atomic E-state index is -0.733. The normalized spacial score (nSPS) is 16.7. The summed E-state index contributed by atoms with van der Waals surface area (Å²) in [7, 11) is 1.40. The number of rotatable bonds is 13. The average molecular weight is 713 g/mol. The van der Waals surface area contributed by atoms with Gasteiger partial charge in [-0.25, -0.2) is 9.78 Å². The van der Waals surface area contributed by atoms with Crippen LogP contribution in [0.1, 0.15) is 103 Å². The molecule has 264 valence electrons. The molecule has 4 aromatic rings. The standard InChI is InChI=1S/C34H32ClNO4S.C8H17N/c1-40-33(39)29-8-3-2-6-24(29)12-16-31(41-22-34(17-18-34)21-32(37)38)26-7-4-5-23(19-26)9-14-28-15-11-25-10-13-27(35)20-30(25)36-28;1-7(9)8-5-3-2-4-6-8/h2-11,13-15,19-20,31H,12,16-18,21-22H2,1H3,(H,37,38);7-8H,2-6,9H2,1H3/b14-9+;/t31-;7-/m10/s1. The number of carboxylic acids is 1. The highest BCUT2D eigenvalue weighted by Gasteiger charge is 2.44. The zero-order chi connectivity index (χ0) is 35.5. The predicted molar refractivity (Wildman–Crippen MR) is 208 cm³/mol. The summed E-state index contributed by atoms with van der Waals surface area (Å²) in [6.07, 6.45) is 14.7. The van der Waals surface area contributed by atoms with Crippen molar-refractivity contribution in [1.29, 1.82) is 0 Å². The van der Waals surface area contributed by atoms with Gasteiger partial charge in [-0.3, -0.25) is 4.79 Å². The number of nitrogens with zero attached hydrogens (tertiary/aromatic N) is 1. The van der Waals surface area contributed by atoms with Crippen LogP contribution >= 0.6 is 23.4 Å². The van der Waals surface area contributed by atoms with Gasteiger partial charge in [-0.1, -0.05) is 91.5 Å². The Hall–Kier alpha value is -3.65. The van der Waals surface area contributed by atoms with Gasteiger partial charge in [0.25, 0.3) is 0 Å². The Morgan fingerprint density at radius 3 is 2.48 bits per heavy atom. The molecule has 50 heavy (non-hydrogen) atoms. The zero-order valence-electron chi connectivity index (χ0n) is 29.2. The van der Waals surface area contributed by atoms with Crippen molar-refractivity contribution in [2.75, 3.05) is 12.9 Å². The molecule has 0 radical (unpaired) electrons. The minimum absolute atomic E-state index is 0.110. The molecule has 0 bridgehead atoms. The predicted octanol–water partition coefficient (Wildman–Crippen LogP) is 10.4. The number of methoxy groups -OCH3 is 1. The number of fused-ring (bicyclic) bond motifs is 1. The lowest BCUT2D eigenvalue weighted by molar-refractivity contribution is -0.138. The molecule has 0 spiro atoms. The number of aromatic nitrogens is 1. The summed E-state index contributed by atoms with van der Waals surface area (Å²) in [5.41, 5.74) is 11.1. The summed E-state index contributed by atoms with van der Waals surface area (Å²) in [6, 6.07) is 26.2. The smallest absolute Gasteiger partial charge is 0.338 e. The number of hydrogen-bond acceptors (Lipinski definition) is 6. The lowest BCUT2D eigenvalue weighted by Gasteiger charge is -2.24. The first-order chi connectivity index (χ1) is 24.1. The maximum absolute atomic E-state index is 12.3. The van der Waals surface area contributed by atoms with Crippen LogP contribution in [0.15, 0.2) is 78.9 Å². The van der Waals surface area contributed by atoms with Crippen LogP contribution in [-0.4, -0.2) is 40.9 Å². The zero-order valence-corrected chi connectivity index (χ0v) is 30.7. The number of benzene rings is 3. The molecular formula is C42H49ClN2O4S. The van der Waals surface area contributed by atoms with Crippen LogP contribution in [0, 0.1) is 11.3 Å². The molecule has 1 heterocycles. The summed E-state index contributed by atoms with van der Waals surface area (Å²) in [5.74, 6) is 0.564. The van der Waals surface area contributed by atoms with Crippen molar-refractivity contribution in [1.82, 2.24) is 4.98 Å². The molecule has 6 rings (SSSR count). The number of nitrogens with two attached hydrogens (primary N) is 1. The third-order valence-electron chi connectivity index (χ3n) is 9.97. The number of carboxylic acid groups (broad SMARTS) is 1. The van der Waals surface area contributed by atoms with Gasteiger partial charge in [-0.15, -0.1) is 0 Å². The maximum atomic E-state index is 12.3. The number of pyridine rings is 1. The van der Waals surface area contributed by atoms with Gasteiger partial charge in [0.15, 0.2) is 0 Å². The second kappa shape index (κ2) is 18.0. The quantitative estimate of drug-likeness (QED) is 0.133. The second-order valence-corrected chi connectivity index (χ2v) is 15.5. The molecule has 2 fully saturated rings. The topological polar surface area (TPSA) is 103 Å². The lowest BCUT2D eigenvalue weighted by Crippen LogP contribution is -2.27. The van der Waals surface area contributed by atoms with Gasteiger partial charge >= 0.3 is 11.9 Å². The fourth-order valence-corrected chi connectivity index (χ4v) is 8.47. The van der Waals surface area contributed by atoms with Crippen molar-refractivity contribution in [2.45, 2.75) is 82.4 Å². The van der Waals surface area contributed by atoms with E-state index in [1.165, 1.54) is 44.8 Å². The van der Waals surface area contributed by atoms with E-state index in [1.54, 1.807) is 6.07 Å². The van der Waals surface area contributed by atoms with Gasteiger partial charge in [0.05, 0.1) is 30.3 Å². The first kappa shape index (κ1) is 37.6. The summed E-state index contributed by atoms with van der Waals surface area (Å²) >= 11 is 7.98. The van der Waals surface area contributed by atoms with E-state index in [-0.39, 0.29) is 23.1 Å². The van der Waals surface area contributed by atoms with Crippen molar-refractivity contribution in [2.24, 2.45) is 17.1 Å². The van der Waals surface area contributed by atoms with Gasteiger partial charge in [-0.05, 0) is 104 Å². The number of hydrogen-bond donors (Lipinski definition) is 2. The van der Waals surface area contributed by atoms with Gasteiger partial charge in [0.1, 0.15) is 0 Å². The van der Waals surface area contributed by atoms with Crippen LogP contribution in [0.4, 0.5) is 0 Å². The highest BCUT2D eigenvalue weighted by atomic mass is 35.5. The molecule has 2 atom stereocenters. The van der Waals surface area contributed by atoms with Gasteiger partial charge in [0.2, 0.25) is 0 Å². The Bertz CT molecular complexity index is 1780. The molecule has 0 aliphatic heterocycles. The summed E-state index contributed by atoms with van der Waals surface area (Å²) in [6.45, 7) is 2.13. The Balaban J connectivity index is 0.000000470. The van der Waals surface area contributed by atoms with Crippen molar-refractivity contribution >= 4 is 58.4 Å². The molecule has 3 aromatic carbocycles. The van der Waals surface area contributed by atoms with E-state index >= 15 is 0 Å². The maximum Gasteiger partial charge on any atom is 0.338 e. The SMILES string of the molecule is COC(=O)c1ccccc1CC[C@@H](SCC1(CC(=O)O)CC1)c1cccc(/C=C/c2ccc3ccc(Cl)cc3n2)c1.C[C@H](N)C1CCCCC1. The van der Waals surface area contributed by atoms with Gasteiger partial charge < -0.3 is 15.6 Å². The van der Waals surface area contributed by atoms with Crippen LogP contribution < -0.4 is 5.73 Å².